The van der Waals surface area contributed by atoms with Gasteiger partial charge in [-0.15, -0.1) is 0 Å². The Kier molecular flexibility index (Phi) is 7.87. The molecular formula is C22H36O5. The summed E-state index contributed by atoms with van der Waals surface area (Å²) < 4.78 is 11.0. The maximum absolute atomic E-state index is 12.6. The van der Waals surface area contributed by atoms with Gasteiger partial charge in [-0.2, -0.15) is 0 Å². The second kappa shape index (κ2) is 9.70. The molecule has 2 fully saturated rings. The molecule has 0 aromatic heterocycles. The molecule has 5 nitrogen and oxygen atoms in total. The normalized spacial score (nSPS) is 31.6. The number of Topliss-reactive ketones (excluding diaryl/α,β-unsaturated/α-hetero) is 1. The Balaban J connectivity index is 2.00. The van der Waals surface area contributed by atoms with Gasteiger partial charge in [0.25, 0.3) is 0 Å². The fourth-order valence-electron chi connectivity index (χ4n) is 4.74. The third-order valence-electron chi connectivity index (χ3n) is 6.46. The van der Waals surface area contributed by atoms with Crippen molar-refractivity contribution in [3.8, 4) is 0 Å². The van der Waals surface area contributed by atoms with Gasteiger partial charge in [0.1, 0.15) is 17.3 Å². The molecule has 4 atom stereocenters. The molecule has 27 heavy (non-hydrogen) atoms. The van der Waals surface area contributed by atoms with E-state index in [4.69, 9.17) is 9.47 Å². The summed E-state index contributed by atoms with van der Waals surface area (Å²) in [6, 6.07) is 0. The Bertz CT molecular complexity index is 541. The van der Waals surface area contributed by atoms with Crippen molar-refractivity contribution in [1.82, 2.24) is 0 Å². The van der Waals surface area contributed by atoms with E-state index in [2.05, 4.69) is 20.8 Å². The number of ketones is 1. The molecule has 2 rings (SSSR count). The van der Waals surface area contributed by atoms with E-state index in [0.717, 1.165) is 25.7 Å². The largest absolute Gasteiger partial charge is 0.465 e. The molecule has 0 radical (unpaired) electrons. The molecule has 0 spiro atoms. The predicted molar refractivity (Wildman–Crippen MR) is 103 cm³/mol. The van der Waals surface area contributed by atoms with Crippen molar-refractivity contribution in [1.29, 1.82) is 0 Å². The lowest BCUT2D eigenvalue weighted by atomic mass is 9.70. The third-order valence-corrected chi connectivity index (χ3v) is 6.46. The van der Waals surface area contributed by atoms with E-state index in [0.29, 0.717) is 30.6 Å². The highest BCUT2D eigenvalue weighted by Crippen LogP contribution is 2.40. The van der Waals surface area contributed by atoms with E-state index in [1.54, 1.807) is 6.92 Å². The SMILES string of the molecule is CCOC(=O)C1(CCC(=O)O[C@@H]2C[C@H](C)CC[C@H]2C(C)C)CCCCC1=O. The topological polar surface area (TPSA) is 69.7 Å². The van der Waals surface area contributed by atoms with Crippen LogP contribution in [-0.2, 0) is 23.9 Å². The van der Waals surface area contributed by atoms with Gasteiger partial charge in [-0.3, -0.25) is 14.4 Å². The molecule has 1 unspecified atom stereocenters. The maximum Gasteiger partial charge on any atom is 0.319 e. The molecule has 0 heterocycles. The van der Waals surface area contributed by atoms with Crippen LogP contribution >= 0.6 is 0 Å². The molecule has 0 saturated heterocycles. The van der Waals surface area contributed by atoms with Crippen LogP contribution in [0.4, 0.5) is 0 Å². The molecule has 0 aromatic carbocycles. The lowest BCUT2D eigenvalue weighted by molar-refractivity contribution is -0.164. The first-order valence-electron chi connectivity index (χ1n) is 10.7. The van der Waals surface area contributed by atoms with Crippen LogP contribution < -0.4 is 0 Å². The first kappa shape index (κ1) is 21.9. The van der Waals surface area contributed by atoms with Gasteiger partial charge in [-0.1, -0.05) is 33.6 Å². The minimum Gasteiger partial charge on any atom is -0.465 e. The van der Waals surface area contributed by atoms with Crippen molar-refractivity contribution >= 4 is 17.7 Å². The van der Waals surface area contributed by atoms with E-state index < -0.39 is 11.4 Å². The van der Waals surface area contributed by atoms with Crippen LogP contribution in [0.25, 0.3) is 0 Å². The maximum atomic E-state index is 12.6. The monoisotopic (exact) mass is 380 g/mol. The zero-order valence-electron chi connectivity index (χ0n) is 17.4. The smallest absolute Gasteiger partial charge is 0.319 e. The number of carbonyl (C=O) groups excluding carboxylic acids is 3. The van der Waals surface area contributed by atoms with E-state index in [1.807, 2.05) is 0 Å². The van der Waals surface area contributed by atoms with Crippen LogP contribution in [0.15, 0.2) is 0 Å². The molecule has 0 aliphatic heterocycles. The van der Waals surface area contributed by atoms with Gasteiger partial charge in [0.2, 0.25) is 0 Å². The summed E-state index contributed by atoms with van der Waals surface area (Å²) in [5, 5.41) is 0. The summed E-state index contributed by atoms with van der Waals surface area (Å²) in [4.78, 5) is 37.7. The van der Waals surface area contributed by atoms with E-state index in [1.165, 1.54) is 6.42 Å². The van der Waals surface area contributed by atoms with Crippen molar-refractivity contribution in [2.75, 3.05) is 6.61 Å². The van der Waals surface area contributed by atoms with E-state index in [9.17, 15) is 14.4 Å². The fraction of sp³-hybridized carbons (Fsp3) is 0.864. The third kappa shape index (κ3) is 5.32. The van der Waals surface area contributed by atoms with Crippen LogP contribution in [0.2, 0.25) is 0 Å². The van der Waals surface area contributed by atoms with Crippen LogP contribution in [0.5, 0.6) is 0 Å². The highest BCUT2D eigenvalue weighted by Gasteiger charge is 2.48. The Morgan fingerprint density at radius 1 is 1.22 bits per heavy atom. The lowest BCUT2D eigenvalue weighted by Crippen LogP contribution is -2.43. The quantitative estimate of drug-likeness (QED) is 0.482. The number of hydrogen-bond donors (Lipinski definition) is 0. The van der Waals surface area contributed by atoms with Crippen molar-refractivity contribution in [3.63, 3.8) is 0 Å². The summed E-state index contributed by atoms with van der Waals surface area (Å²) in [5.41, 5.74) is -1.15. The van der Waals surface area contributed by atoms with Gasteiger partial charge >= 0.3 is 11.9 Å². The zero-order valence-corrected chi connectivity index (χ0v) is 17.4. The first-order valence-corrected chi connectivity index (χ1v) is 10.7. The van der Waals surface area contributed by atoms with Crippen LogP contribution in [0, 0.1) is 23.2 Å². The minimum atomic E-state index is -1.15. The Labute approximate surface area is 163 Å². The van der Waals surface area contributed by atoms with Gasteiger partial charge in [0.05, 0.1) is 6.61 Å². The van der Waals surface area contributed by atoms with Crippen LogP contribution in [0.1, 0.15) is 85.5 Å². The summed E-state index contributed by atoms with van der Waals surface area (Å²) in [6.45, 7) is 8.54. The fourth-order valence-corrected chi connectivity index (χ4v) is 4.74. The van der Waals surface area contributed by atoms with Crippen molar-refractivity contribution in [3.05, 3.63) is 0 Å². The van der Waals surface area contributed by atoms with Crippen molar-refractivity contribution in [2.24, 2.45) is 23.2 Å². The summed E-state index contributed by atoms with van der Waals surface area (Å²) >= 11 is 0. The molecule has 0 bridgehead atoms. The first-order chi connectivity index (χ1) is 12.8. The highest BCUT2D eigenvalue weighted by atomic mass is 16.5. The Hall–Kier alpha value is -1.39. The second-order valence-corrected chi connectivity index (χ2v) is 8.79. The Morgan fingerprint density at radius 3 is 2.59 bits per heavy atom. The number of rotatable bonds is 7. The standard InChI is InChI=1S/C22H36O5/c1-5-26-21(25)22(12-7-6-8-19(22)23)13-11-20(24)27-18-14-16(4)9-10-17(18)15(2)3/h15-18H,5-14H2,1-4H3/t16-,17+,18-,22?/m1/s1. The molecule has 154 valence electrons. The minimum absolute atomic E-state index is 0.0538. The number of esters is 2. The molecular weight excluding hydrogens is 344 g/mol. The second-order valence-electron chi connectivity index (χ2n) is 8.79. The molecule has 0 amide bonds. The molecule has 0 aromatic rings. The van der Waals surface area contributed by atoms with Gasteiger partial charge in [-0.05, 0) is 56.8 Å². The lowest BCUT2D eigenvalue weighted by Gasteiger charge is -2.37. The van der Waals surface area contributed by atoms with Gasteiger partial charge < -0.3 is 9.47 Å². The van der Waals surface area contributed by atoms with Gasteiger partial charge in [0, 0.05) is 12.8 Å². The van der Waals surface area contributed by atoms with Crippen LogP contribution in [-0.4, -0.2) is 30.4 Å². The average Bonchev–Trinajstić information content (AvgIpc) is 2.61. The van der Waals surface area contributed by atoms with E-state index >= 15 is 0 Å². The van der Waals surface area contributed by atoms with E-state index in [-0.39, 0.29) is 37.3 Å². The van der Waals surface area contributed by atoms with Crippen molar-refractivity contribution in [2.45, 2.75) is 91.6 Å². The van der Waals surface area contributed by atoms with Gasteiger partial charge in [-0.25, -0.2) is 0 Å². The number of hydrogen-bond acceptors (Lipinski definition) is 5. The molecule has 5 heteroatoms. The summed E-state index contributed by atoms with van der Waals surface area (Å²) in [6.07, 6.45) is 5.90. The molecule has 2 saturated carbocycles. The molecule has 2 aliphatic carbocycles. The highest BCUT2D eigenvalue weighted by molar-refractivity contribution is 6.04. The number of ether oxygens (including phenoxy) is 2. The summed E-state index contributed by atoms with van der Waals surface area (Å²) in [7, 11) is 0. The van der Waals surface area contributed by atoms with Crippen LogP contribution in [0.3, 0.4) is 0 Å². The summed E-state index contributed by atoms with van der Waals surface area (Å²) in [5.74, 6) is 0.590. The number of carbonyl (C=O) groups is 3. The van der Waals surface area contributed by atoms with Crippen molar-refractivity contribution < 1.29 is 23.9 Å². The molecule has 0 N–H and O–H groups in total. The Morgan fingerprint density at radius 2 is 1.96 bits per heavy atom. The average molecular weight is 381 g/mol. The molecule has 2 aliphatic rings. The zero-order chi connectivity index (χ0) is 20.0. The van der Waals surface area contributed by atoms with Gasteiger partial charge in [0.15, 0.2) is 0 Å². The predicted octanol–water partition coefficient (Wildman–Crippen LogP) is 4.46.